The third kappa shape index (κ3) is 2.67. The Labute approximate surface area is 129 Å². The van der Waals surface area contributed by atoms with Gasteiger partial charge in [0, 0.05) is 51.5 Å². The van der Waals surface area contributed by atoms with E-state index in [1.807, 2.05) is 0 Å². The van der Waals surface area contributed by atoms with Crippen molar-refractivity contribution < 1.29 is 42.2 Å². The molecule has 0 saturated heterocycles. The van der Waals surface area contributed by atoms with E-state index >= 15 is 0 Å². The first-order valence-electron chi connectivity index (χ1n) is 5.18. The topological polar surface area (TPSA) is 61.2 Å². The van der Waals surface area contributed by atoms with Crippen molar-refractivity contribution in [1.29, 1.82) is 0 Å². The van der Waals surface area contributed by atoms with E-state index in [9.17, 15) is 9.59 Å². The summed E-state index contributed by atoms with van der Waals surface area (Å²) in [6.07, 6.45) is 4.05. The van der Waals surface area contributed by atoms with Crippen molar-refractivity contribution in [2.45, 2.75) is 6.92 Å². The first-order valence-corrected chi connectivity index (χ1v) is 5.18. The zero-order valence-electron chi connectivity index (χ0n) is 10.1. The zero-order valence-corrected chi connectivity index (χ0v) is 13.0. The van der Waals surface area contributed by atoms with Crippen LogP contribution in [0.15, 0.2) is 23.1 Å². The van der Waals surface area contributed by atoms with Gasteiger partial charge in [-0.1, -0.05) is 6.20 Å². The van der Waals surface area contributed by atoms with E-state index in [2.05, 4.69) is 11.2 Å². The molecule has 0 aliphatic rings. The van der Waals surface area contributed by atoms with Crippen LogP contribution in [0, 0.1) is 6.20 Å². The zero-order chi connectivity index (χ0) is 12.4. The molecule has 0 fully saturated rings. The number of aryl methyl sites for hydroxylation is 1. The normalized spacial score (nSPS) is 9.89. The van der Waals surface area contributed by atoms with Crippen molar-refractivity contribution in [3.63, 3.8) is 0 Å². The van der Waals surface area contributed by atoms with Gasteiger partial charge in [-0.25, -0.2) is 4.79 Å². The van der Waals surface area contributed by atoms with E-state index in [-0.39, 0.29) is 50.4 Å². The average Bonchev–Trinajstić information content (AvgIpc) is 2.34. The fourth-order valence-corrected chi connectivity index (χ4v) is 1.61. The van der Waals surface area contributed by atoms with Gasteiger partial charge in [0.05, 0.1) is 6.61 Å². The second-order valence-corrected chi connectivity index (χ2v) is 3.51. The van der Waals surface area contributed by atoms with E-state index in [0.29, 0.717) is 5.52 Å². The molecule has 2 heterocycles. The number of nitrogens with zero attached hydrogens (tertiary/aromatic N) is 2. The van der Waals surface area contributed by atoms with Gasteiger partial charge in [-0.3, -0.25) is 0 Å². The minimum Gasteiger partial charge on any atom is -0.462 e. The molecule has 6 heteroatoms. The van der Waals surface area contributed by atoms with E-state index in [4.69, 9.17) is 4.74 Å². The first-order chi connectivity index (χ1) is 8.15. The number of rotatable bonds is 2. The molecule has 2 aromatic heterocycles. The summed E-state index contributed by atoms with van der Waals surface area (Å²) >= 11 is 0. The van der Waals surface area contributed by atoms with Gasteiger partial charge in [0.1, 0.15) is 5.56 Å². The van der Waals surface area contributed by atoms with Crippen LogP contribution in [0.5, 0.6) is 0 Å². The number of hydrogen-bond donors (Lipinski definition) is 0. The molecule has 0 saturated carbocycles. The van der Waals surface area contributed by atoms with Gasteiger partial charge in [0.15, 0.2) is 5.43 Å². The third-order valence-electron chi connectivity index (χ3n) is 2.39. The summed E-state index contributed by atoms with van der Waals surface area (Å²) in [6.45, 7) is 1.92. The van der Waals surface area contributed by atoms with Gasteiger partial charge in [-0.15, -0.1) is 6.07 Å². The van der Waals surface area contributed by atoms with Gasteiger partial charge < -0.3 is 19.1 Å². The Morgan fingerprint density at radius 3 is 2.94 bits per heavy atom. The Bertz CT molecular complexity index is 637. The molecule has 0 unspecified atom stereocenters. The number of carbonyl (C=O) groups excluding carboxylic acids is 1. The summed E-state index contributed by atoms with van der Waals surface area (Å²) in [5.74, 6) is -0.624. The van der Waals surface area contributed by atoms with Gasteiger partial charge >= 0.3 is 5.97 Å². The fourth-order valence-electron chi connectivity index (χ4n) is 1.61. The monoisotopic (exact) mass is 320 g/mol. The van der Waals surface area contributed by atoms with Crippen LogP contribution in [-0.2, 0) is 44.5 Å². The van der Waals surface area contributed by atoms with Crippen LogP contribution in [0.1, 0.15) is 17.3 Å². The van der Waals surface area contributed by atoms with Crippen molar-refractivity contribution in [2.75, 3.05) is 6.61 Å². The maximum absolute atomic E-state index is 12.0. The molecule has 91 valence electrons. The van der Waals surface area contributed by atoms with Crippen LogP contribution in [-0.4, -0.2) is 22.1 Å². The molecular weight excluding hydrogens is 309 g/mol. The minimum absolute atomic E-state index is 0. The summed E-state index contributed by atoms with van der Waals surface area (Å²) in [4.78, 5) is 27.5. The van der Waals surface area contributed by atoms with Gasteiger partial charge in [-0.2, -0.15) is 6.07 Å². The van der Waals surface area contributed by atoms with E-state index in [0.717, 1.165) is 0 Å². The van der Waals surface area contributed by atoms with Crippen molar-refractivity contribution in [3.8, 4) is 0 Å². The van der Waals surface area contributed by atoms with E-state index in [1.165, 1.54) is 6.20 Å². The summed E-state index contributed by atoms with van der Waals surface area (Å²) < 4.78 is 6.49. The fraction of sp³-hybridized carbons (Fsp3) is 0.250. The molecule has 0 atom stereocenters. The molecule has 0 N–H and O–H groups in total. The SMILES string of the molecule is CCOC(=O)c1cn(C)c2cc[c-]nc2c1=O.[Y]. The van der Waals surface area contributed by atoms with Crippen molar-refractivity contribution in [2.24, 2.45) is 7.05 Å². The van der Waals surface area contributed by atoms with Gasteiger partial charge in [0.25, 0.3) is 0 Å². The van der Waals surface area contributed by atoms with E-state index < -0.39 is 11.4 Å². The van der Waals surface area contributed by atoms with Crippen molar-refractivity contribution in [1.82, 2.24) is 9.55 Å². The maximum atomic E-state index is 12.0. The smallest absolute Gasteiger partial charge is 0.342 e. The molecule has 0 amide bonds. The summed E-state index contributed by atoms with van der Waals surface area (Å²) in [5.41, 5.74) is 0.449. The number of ether oxygens (including phenoxy) is 1. The first kappa shape index (κ1) is 15.0. The van der Waals surface area contributed by atoms with Crippen LogP contribution in [0.25, 0.3) is 11.0 Å². The average molecular weight is 320 g/mol. The Morgan fingerprint density at radius 2 is 2.28 bits per heavy atom. The van der Waals surface area contributed by atoms with Crippen LogP contribution in [0.2, 0.25) is 0 Å². The number of hydrogen-bond acceptors (Lipinski definition) is 4. The minimum atomic E-state index is -0.624. The summed E-state index contributed by atoms with van der Waals surface area (Å²) in [6, 6.07) is 3.34. The van der Waals surface area contributed by atoms with Crippen LogP contribution < -0.4 is 5.43 Å². The molecule has 18 heavy (non-hydrogen) atoms. The number of pyridine rings is 2. The van der Waals surface area contributed by atoms with Crippen molar-refractivity contribution in [3.05, 3.63) is 40.3 Å². The molecule has 0 aliphatic heterocycles. The number of esters is 1. The molecule has 2 aromatic rings. The Kier molecular flexibility index (Phi) is 5.17. The molecule has 0 spiro atoms. The third-order valence-corrected chi connectivity index (χ3v) is 2.39. The largest absolute Gasteiger partial charge is 0.462 e. The van der Waals surface area contributed by atoms with E-state index in [1.54, 1.807) is 30.7 Å². The molecule has 2 rings (SSSR count). The quantitative estimate of drug-likeness (QED) is 0.609. The standard InChI is InChI=1S/C12H11N2O3.Y/c1-3-17-12(16)8-7-14(2)9-5-4-6-13-10(9)11(8)15;/h4-5,7H,3H2,1-2H3;/q-1;. The Hall–Kier alpha value is -1.07. The van der Waals surface area contributed by atoms with Crippen LogP contribution in [0.4, 0.5) is 0 Å². The van der Waals surface area contributed by atoms with Gasteiger partial charge in [-0.05, 0) is 12.4 Å². The molecule has 0 aliphatic carbocycles. The second-order valence-electron chi connectivity index (χ2n) is 3.51. The van der Waals surface area contributed by atoms with Crippen LogP contribution in [0.3, 0.4) is 0 Å². The number of carbonyl (C=O) groups is 1. The molecule has 1 radical (unpaired) electrons. The second kappa shape index (κ2) is 6.20. The molecule has 5 nitrogen and oxygen atoms in total. The predicted molar refractivity (Wildman–Crippen MR) is 61.8 cm³/mol. The summed E-state index contributed by atoms with van der Waals surface area (Å²) in [7, 11) is 1.74. The Morgan fingerprint density at radius 1 is 1.56 bits per heavy atom. The predicted octanol–water partition coefficient (Wildman–Crippen LogP) is 0.908. The molecule has 0 bridgehead atoms. The van der Waals surface area contributed by atoms with Crippen molar-refractivity contribution >= 4 is 17.0 Å². The number of aromatic nitrogens is 2. The van der Waals surface area contributed by atoms with Gasteiger partial charge in [0.2, 0.25) is 0 Å². The summed E-state index contributed by atoms with van der Waals surface area (Å²) in [5, 5.41) is 0. The Balaban J connectivity index is 0.00000162. The number of fused-ring (bicyclic) bond motifs is 1. The molecular formula is C12H11N2O3Y-. The maximum Gasteiger partial charge on any atom is 0.342 e. The van der Waals surface area contributed by atoms with Crippen LogP contribution >= 0.6 is 0 Å². The molecule has 0 aromatic carbocycles.